The molecule has 0 spiro atoms. The molecule has 1 aliphatic heterocycles. The average Bonchev–Trinajstić information content (AvgIpc) is 3.06. The fraction of sp³-hybridized carbons (Fsp3) is 0.667. The van der Waals surface area contributed by atoms with E-state index in [1.165, 1.54) is 0 Å². The highest BCUT2D eigenvalue weighted by Gasteiger charge is 2.31. The molecule has 0 aromatic heterocycles. The second-order valence-electron chi connectivity index (χ2n) is 7.66. The second-order valence-corrected chi connectivity index (χ2v) is 7.66. The molecule has 2 rings (SSSR count). The number of likely N-dealkylation sites (tertiary alicyclic amines) is 1. The molecule has 7 nitrogen and oxygen atoms in total. The Bertz CT molecular complexity index is 628. The van der Waals surface area contributed by atoms with E-state index in [0.717, 1.165) is 31.2 Å². The van der Waals surface area contributed by atoms with Crippen molar-refractivity contribution in [2.24, 2.45) is 10.9 Å². The first-order chi connectivity index (χ1) is 13.4. The van der Waals surface area contributed by atoms with Gasteiger partial charge in [0.05, 0.1) is 26.9 Å². The van der Waals surface area contributed by atoms with Gasteiger partial charge in [-0.15, -0.1) is 0 Å². The summed E-state index contributed by atoms with van der Waals surface area (Å²) in [6.45, 7) is 11.9. The number of hydrogen-bond acceptors (Lipinski definition) is 5. The zero-order chi connectivity index (χ0) is 20.7. The van der Waals surface area contributed by atoms with Crippen molar-refractivity contribution in [1.82, 2.24) is 15.5 Å². The number of nitrogens with one attached hydrogen (secondary N) is 2. The zero-order valence-electron chi connectivity index (χ0n) is 18.0. The molecule has 158 valence electrons. The van der Waals surface area contributed by atoms with Gasteiger partial charge in [0.15, 0.2) is 5.96 Å². The molecule has 3 atom stereocenters. The molecule has 3 N–H and O–H groups in total. The third-order valence-corrected chi connectivity index (χ3v) is 5.22. The minimum absolute atomic E-state index is 0.251. The van der Waals surface area contributed by atoms with Crippen LogP contribution in [-0.2, 0) is 0 Å². The van der Waals surface area contributed by atoms with Crippen LogP contribution in [0.4, 0.5) is 0 Å². The van der Waals surface area contributed by atoms with Crippen LogP contribution in [0.3, 0.4) is 0 Å². The number of nitrogens with zero attached hydrogens (tertiary/aromatic N) is 2. The number of ether oxygens (including phenoxy) is 2. The summed E-state index contributed by atoms with van der Waals surface area (Å²) in [6.07, 6.45) is -0.743. The van der Waals surface area contributed by atoms with Gasteiger partial charge in [0.1, 0.15) is 11.5 Å². The topological polar surface area (TPSA) is 78.4 Å². The smallest absolute Gasteiger partial charge is 0.191 e. The molecule has 0 aliphatic carbocycles. The summed E-state index contributed by atoms with van der Waals surface area (Å²) in [4.78, 5) is 7.09. The van der Waals surface area contributed by atoms with Gasteiger partial charge in [0, 0.05) is 37.8 Å². The molecule has 0 amide bonds. The van der Waals surface area contributed by atoms with Gasteiger partial charge in [0.2, 0.25) is 0 Å². The van der Waals surface area contributed by atoms with Crippen LogP contribution < -0.4 is 20.1 Å². The van der Waals surface area contributed by atoms with Crippen molar-refractivity contribution in [3.63, 3.8) is 0 Å². The predicted molar refractivity (Wildman–Crippen MR) is 113 cm³/mol. The number of aliphatic hydroxyl groups is 1. The minimum atomic E-state index is -0.743. The average molecular weight is 393 g/mol. The van der Waals surface area contributed by atoms with E-state index in [1.54, 1.807) is 20.3 Å². The van der Waals surface area contributed by atoms with Gasteiger partial charge in [0.25, 0.3) is 0 Å². The summed E-state index contributed by atoms with van der Waals surface area (Å²) in [5.41, 5.74) is 0.719. The standard InChI is InChI=1S/C21H36N4O3/c1-7-22-21(24-19-13-25(14(2)3)12-15(19)4)23-11-20(26)16-8-17(27-5)10-18(9-16)28-6/h8-10,14-15,19-20,26H,7,11-13H2,1-6H3,(H2,22,23,24). The van der Waals surface area contributed by atoms with E-state index in [4.69, 9.17) is 9.47 Å². The van der Waals surface area contributed by atoms with Crippen molar-refractivity contribution in [2.75, 3.05) is 40.4 Å². The molecule has 28 heavy (non-hydrogen) atoms. The highest BCUT2D eigenvalue weighted by Crippen LogP contribution is 2.26. The maximum absolute atomic E-state index is 10.6. The fourth-order valence-electron chi connectivity index (χ4n) is 3.41. The highest BCUT2D eigenvalue weighted by atomic mass is 16.5. The molecule has 1 aromatic rings. The molecule has 1 aliphatic rings. The quantitative estimate of drug-likeness (QED) is 0.464. The predicted octanol–water partition coefficient (Wildman–Crippen LogP) is 2.02. The normalized spacial score (nSPS) is 21.6. The molecular weight excluding hydrogens is 356 g/mol. The molecular formula is C21H36N4O3. The second kappa shape index (κ2) is 10.5. The first kappa shape index (κ1) is 22.3. The van der Waals surface area contributed by atoms with Crippen molar-refractivity contribution >= 4 is 5.96 Å². The number of guanidine groups is 1. The highest BCUT2D eigenvalue weighted by molar-refractivity contribution is 5.80. The summed E-state index contributed by atoms with van der Waals surface area (Å²) in [6, 6.07) is 6.28. The van der Waals surface area contributed by atoms with E-state index in [2.05, 4.69) is 41.3 Å². The van der Waals surface area contributed by atoms with Crippen molar-refractivity contribution in [3.05, 3.63) is 23.8 Å². The van der Waals surface area contributed by atoms with Gasteiger partial charge in [-0.1, -0.05) is 6.92 Å². The Hall–Kier alpha value is -1.99. The van der Waals surface area contributed by atoms with Crippen LogP contribution in [0.25, 0.3) is 0 Å². The number of methoxy groups -OCH3 is 2. The number of rotatable bonds is 8. The summed E-state index contributed by atoms with van der Waals surface area (Å²) >= 11 is 0. The van der Waals surface area contributed by atoms with Crippen LogP contribution in [0, 0.1) is 5.92 Å². The van der Waals surface area contributed by atoms with E-state index >= 15 is 0 Å². The summed E-state index contributed by atoms with van der Waals surface area (Å²) in [5, 5.41) is 17.4. The summed E-state index contributed by atoms with van der Waals surface area (Å²) in [7, 11) is 3.19. The lowest BCUT2D eigenvalue weighted by molar-refractivity contribution is 0.186. The summed E-state index contributed by atoms with van der Waals surface area (Å²) in [5.74, 6) is 2.57. The van der Waals surface area contributed by atoms with E-state index in [-0.39, 0.29) is 6.54 Å². The molecule has 3 unspecified atom stereocenters. The minimum Gasteiger partial charge on any atom is -0.497 e. The Morgan fingerprint density at radius 1 is 1.21 bits per heavy atom. The van der Waals surface area contributed by atoms with Gasteiger partial charge in [-0.2, -0.15) is 0 Å². The fourth-order valence-corrected chi connectivity index (χ4v) is 3.41. The Kier molecular flexibility index (Phi) is 8.38. The van der Waals surface area contributed by atoms with Crippen LogP contribution >= 0.6 is 0 Å². The van der Waals surface area contributed by atoms with E-state index in [0.29, 0.717) is 29.5 Å². The first-order valence-electron chi connectivity index (χ1n) is 10.1. The number of aliphatic hydroxyl groups excluding tert-OH is 1. The largest absolute Gasteiger partial charge is 0.497 e. The Balaban J connectivity index is 2.06. The van der Waals surface area contributed by atoms with Gasteiger partial charge >= 0.3 is 0 Å². The van der Waals surface area contributed by atoms with Crippen molar-refractivity contribution in [1.29, 1.82) is 0 Å². The number of aliphatic imine (C=N–C) groups is 1. The monoisotopic (exact) mass is 392 g/mol. The van der Waals surface area contributed by atoms with Crippen molar-refractivity contribution in [3.8, 4) is 11.5 Å². The molecule has 1 aromatic carbocycles. The molecule has 0 bridgehead atoms. The molecule has 1 saturated heterocycles. The van der Waals surface area contributed by atoms with Crippen molar-refractivity contribution < 1.29 is 14.6 Å². The number of hydrogen-bond donors (Lipinski definition) is 3. The Labute approximate surface area is 169 Å². The third-order valence-electron chi connectivity index (χ3n) is 5.22. The summed E-state index contributed by atoms with van der Waals surface area (Å²) < 4.78 is 10.6. The molecule has 1 fully saturated rings. The lowest BCUT2D eigenvalue weighted by Crippen LogP contribution is -2.47. The van der Waals surface area contributed by atoms with Crippen LogP contribution in [0.2, 0.25) is 0 Å². The van der Waals surface area contributed by atoms with Crippen LogP contribution in [0.15, 0.2) is 23.2 Å². The number of benzene rings is 1. The SMILES string of the molecule is CCNC(=NCC(O)c1cc(OC)cc(OC)c1)NC1CN(C(C)C)CC1C. The van der Waals surface area contributed by atoms with Gasteiger partial charge in [-0.3, -0.25) is 9.89 Å². The maximum Gasteiger partial charge on any atom is 0.191 e. The molecule has 7 heteroatoms. The van der Waals surface area contributed by atoms with Crippen LogP contribution in [0.1, 0.15) is 39.4 Å². The third kappa shape index (κ3) is 6.01. The van der Waals surface area contributed by atoms with E-state index in [9.17, 15) is 5.11 Å². The molecule has 0 saturated carbocycles. The zero-order valence-corrected chi connectivity index (χ0v) is 18.0. The van der Waals surface area contributed by atoms with Gasteiger partial charge in [-0.25, -0.2) is 0 Å². The molecule has 1 heterocycles. The van der Waals surface area contributed by atoms with Crippen LogP contribution in [-0.4, -0.2) is 68.4 Å². The van der Waals surface area contributed by atoms with Crippen LogP contribution in [0.5, 0.6) is 11.5 Å². The van der Waals surface area contributed by atoms with Gasteiger partial charge < -0.3 is 25.2 Å². The lowest BCUT2D eigenvalue weighted by Gasteiger charge is -2.22. The van der Waals surface area contributed by atoms with E-state index in [1.807, 2.05) is 19.1 Å². The lowest BCUT2D eigenvalue weighted by atomic mass is 10.1. The van der Waals surface area contributed by atoms with Gasteiger partial charge in [-0.05, 0) is 44.4 Å². The maximum atomic E-state index is 10.6. The first-order valence-corrected chi connectivity index (χ1v) is 10.1. The Morgan fingerprint density at radius 3 is 2.36 bits per heavy atom. The van der Waals surface area contributed by atoms with Crippen molar-refractivity contribution in [2.45, 2.75) is 45.9 Å². The van der Waals surface area contributed by atoms with E-state index < -0.39 is 6.10 Å². The molecule has 0 radical (unpaired) electrons. The Morgan fingerprint density at radius 2 is 1.86 bits per heavy atom.